The molecule has 2 aromatic rings. The molecule has 2 rings (SSSR count). The fourth-order valence-electron chi connectivity index (χ4n) is 2.01. The van der Waals surface area contributed by atoms with E-state index in [0.717, 1.165) is 24.2 Å². The maximum Gasteiger partial charge on any atom is 0.257 e. The molecular weight excluding hydrogens is 284 g/mol. The number of para-hydroxylation sites is 1. The zero-order valence-electron chi connectivity index (χ0n) is 12.2. The summed E-state index contributed by atoms with van der Waals surface area (Å²) in [7, 11) is 0. The van der Waals surface area contributed by atoms with Crippen LogP contribution in [0, 0.1) is 6.92 Å². The van der Waals surface area contributed by atoms with Crippen LogP contribution < -0.4 is 10.6 Å². The summed E-state index contributed by atoms with van der Waals surface area (Å²) >= 11 is 6.08. The number of benzene rings is 2. The Morgan fingerprint density at radius 3 is 2.62 bits per heavy atom. The molecule has 0 aromatic heterocycles. The first-order chi connectivity index (χ1) is 10.1. The second-order valence-electron chi connectivity index (χ2n) is 4.91. The summed E-state index contributed by atoms with van der Waals surface area (Å²) in [6.07, 6.45) is 0.999. The second-order valence-corrected chi connectivity index (χ2v) is 5.32. The van der Waals surface area contributed by atoms with Gasteiger partial charge in [-0.3, -0.25) is 4.79 Å². The minimum Gasteiger partial charge on any atom is -0.384 e. The molecule has 21 heavy (non-hydrogen) atoms. The van der Waals surface area contributed by atoms with Crippen LogP contribution in [0.5, 0.6) is 0 Å². The van der Waals surface area contributed by atoms with Crippen molar-refractivity contribution in [1.82, 2.24) is 0 Å². The number of aryl methyl sites for hydroxylation is 1. The van der Waals surface area contributed by atoms with Gasteiger partial charge < -0.3 is 10.6 Å². The highest BCUT2D eigenvalue weighted by Crippen LogP contribution is 2.23. The van der Waals surface area contributed by atoms with Gasteiger partial charge in [0.05, 0.1) is 16.3 Å². The average Bonchev–Trinajstić information content (AvgIpc) is 2.48. The number of carbonyl (C=O) groups is 1. The van der Waals surface area contributed by atoms with Crippen molar-refractivity contribution in [3.05, 3.63) is 58.6 Å². The van der Waals surface area contributed by atoms with Crippen LogP contribution in [-0.2, 0) is 0 Å². The van der Waals surface area contributed by atoms with Crippen molar-refractivity contribution in [2.45, 2.75) is 20.3 Å². The van der Waals surface area contributed by atoms with Crippen molar-refractivity contribution in [2.75, 3.05) is 17.2 Å². The van der Waals surface area contributed by atoms with E-state index in [1.54, 1.807) is 12.1 Å². The summed E-state index contributed by atoms with van der Waals surface area (Å²) in [4.78, 5) is 12.5. The summed E-state index contributed by atoms with van der Waals surface area (Å²) in [6.45, 7) is 4.88. The molecule has 4 heteroatoms. The normalized spacial score (nSPS) is 10.2. The Bertz CT molecular complexity index is 640. The number of anilines is 2. The Morgan fingerprint density at radius 2 is 1.90 bits per heavy atom. The fraction of sp³-hybridized carbons (Fsp3) is 0.235. The fourth-order valence-corrected chi connectivity index (χ4v) is 2.19. The lowest BCUT2D eigenvalue weighted by Gasteiger charge is -2.13. The van der Waals surface area contributed by atoms with Crippen molar-refractivity contribution in [2.24, 2.45) is 0 Å². The lowest BCUT2D eigenvalue weighted by molar-refractivity contribution is 0.102. The van der Waals surface area contributed by atoms with Gasteiger partial charge in [0.15, 0.2) is 0 Å². The average molecular weight is 303 g/mol. The Kier molecular flexibility index (Phi) is 5.23. The first-order valence-corrected chi connectivity index (χ1v) is 7.40. The van der Waals surface area contributed by atoms with Crippen LogP contribution in [-0.4, -0.2) is 12.5 Å². The third kappa shape index (κ3) is 3.99. The van der Waals surface area contributed by atoms with Gasteiger partial charge in [0.2, 0.25) is 0 Å². The predicted molar refractivity (Wildman–Crippen MR) is 89.4 cm³/mol. The van der Waals surface area contributed by atoms with Crippen LogP contribution in [0.25, 0.3) is 0 Å². The van der Waals surface area contributed by atoms with E-state index >= 15 is 0 Å². The standard InChI is InChI=1S/C17H19ClN2O/c1-3-10-19-15-9-8-12(2)11-13(15)17(21)20-16-7-5-4-6-14(16)18/h4-9,11,19H,3,10H2,1-2H3,(H,20,21). The third-order valence-electron chi connectivity index (χ3n) is 3.11. The molecule has 110 valence electrons. The van der Waals surface area contributed by atoms with E-state index in [1.165, 1.54) is 0 Å². The van der Waals surface area contributed by atoms with Crippen LogP contribution in [0.1, 0.15) is 29.3 Å². The molecule has 0 aliphatic heterocycles. The summed E-state index contributed by atoms with van der Waals surface area (Å²) in [5, 5.41) is 6.67. The summed E-state index contributed by atoms with van der Waals surface area (Å²) in [5.74, 6) is -0.162. The number of halogens is 1. The van der Waals surface area contributed by atoms with Gasteiger partial charge in [0, 0.05) is 12.2 Å². The van der Waals surface area contributed by atoms with E-state index in [0.29, 0.717) is 16.3 Å². The molecule has 0 spiro atoms. The van der Waals surface area contributed by atoms with Crippen molar-refractivity contribution >= 4 is 28.9 Å². The van der Waals surface area contributed by atoms with Gasteiger partial charge in [-0.1, -0.05) is 42.3 Å². The first kappa shape index (κ1) is 15.4. The molecule has 2 N–H and O–H groups in total. The van der Waals surface area contributed by atoms with Gasteiger partial charge in [-0.25, -0.2) is 0 Å². The molecule has 0 saturated carbocycles. The molecule has 0 atom stereocenters. The maximum atomic E-state index is 12.5. The van der Waals surface area contributed by atoms with Gasteiger partial charge in [-0.15, -0.1) is 0 Å². The minimum absolute atomic E-state index is 0.162. The smallest absolute Gasteiger partial charge is 0.257 e. The number of hydrogen-bond donors (Lipinski definition) is 2. The van der Waals surface area contributed by atoms with E-state index in [4.69, 9.17) is 11.6 Å². The van der Waals surface area contributed by atoms with Gasteiger partial charge in [0.1, 0.15) is 0 Å². The highest BCUT2D eigenvalue weighted by atomic mass is 35.5. The van der Waals surface area contributed by atoms with Crippen LogP contribution in [0.2, 0.25) is 5.02 Å². The van der Waals surface area contributed by atoms with Crippen molar-refractivity contribution < 1.29 is 4.79 Å². The van der Waals surface area contributed by atoms with Crippen molar-refractivity contribution in [3.8, 4) is 0 Å². The molecule has 0 heterocycles. The van der Waals surface area contributed by atoms with Gasteiger partial charge in [-0.05, 0) is 37.6 Å². The first-order valence-electron chi connectivity index (χ1n) is 7.02. The molecule has 3 nitrogen and oxygen atoms in total. The molecule has 0 fully saturated rings. The van der Waals surface area contributed by atoms with Gasteiger partial charge in [0.25, 0.3) is 5.91 Å². The molecule has 1 amide bonds. The largest absolute Gasteiger partial charge is 0.384 e. The number of rotatable bonds is 5. The Labute approximate surface area is 130 Å². The number of nitrogens with one attached hydrogen (secondary N) is 2. The summed E-state index contributed by atoms with van der Waals surface area (Å²) < 4.78 is 0. The van der Waals surface area contributed by atoms with E-state index in [1.807, 2.05) is 37.3 Å². The van der Waals surface area contributed by atoms with Gasteiger partial charge >= 0.3 is 0 Å². The lowest BCUT2D eigenvalue weighted by atomic mass is 10.1. The minimum atomic E-state index is -0.162. The Balaban J connectivity index is 2.25. The molecule has 2 aromatic carbocycles. The zero-order chi connectivity index (χ0) is 15.2. The highest BCUT2D eigenvalue weighted by Gasteiger charge is 2.13. The van der Waals surface area contributed by atoms with Crippen LogP contribution >= 0.6 is 11.6 Å². The maximum absolute atomic E-state index is 12.5. The van der Waals surface area contributed by atoms with Crippen molar-refractivity contribution in [1.29, 1.82) is 0 Å². The highest BCUT2D eigenvalue weighted by molar-refractivity contribution is 6.34. The predicted octanol–water partition coefficient (Wildman–Crippen LogP) is 4.72. The molecule has 0 aliphatic carbocycles. The topological polar surface area (TPSA) is 41.1 Å². The molecular formula is C17H19ClN2O. The van der Waals surface area contributed by atoms with Crippen LogP contribution in [0.15, 0.2) is 42.5 Å². The van der Waals surface area contributed by atoms with E-state index in [-0.39, 0.29) is 5.91 Å². The van der Waals surface area contributed by atoms with Gasteiger partial charge in [-0.2, -0.15) is 0 Å². The lowest BCUT2D eigenvalue weighted by Crippen LogP contribution is -2.15. The van der Waals surface area contributed by atoms with Crippen molar-refractivity contribution in [3.63, 3.8) is 0 Å². The number of carbonyl (C=O) groups excluding carboxylic acids is 1. The van der Waals surface area contributed by atoms with E-state index in [9.17, 15) is 4.79 Å². The molecule has 0 bridgehead atoms. The molecule has 0 aliphatic rings. The van der Waals surface area contributed by atoms with Crippen LogP contribution in [0.4, 0.5) is 11.4 Å². The second kappa shape index (κ2) is 7.14. The van der Waals surface area contributed by atoms with E-state index < -0.39 is 0 Å². The molecule has 0 unspecified atom stereocenters. The third-order valence-corrected chi connectivity index (χ3v) is 3.44. The summed E-state index contributed by atoms with van der Waals surface area (Å²) in [6, 6.07) is 13.0. The summed E-state index contributed by atoms with van der Waals surface area (Å²) in [5.41, 5.74) is 3.13. The van der Waals surface area contributed by atoms with E-state index in [2.05, 4.69) is 17.6 Å². The molecule has 0 radical (unpaired) electrons. The van der Waals surface area contributed by atoms with Crippen LogP contribution in [0.3, 0.4) is 0 Å². The number of amides is 1. The quantitative estimate of drug-likeness (QED) is 0.839. The SMILES string of the molecule is CCCNc1ccc(C)cc1C(=O)Nc1ccccc1Cl. The Morgan fingerprint density at radius 1 is 1.14 bits per heavy atom. The zero-order valence-corrected chi connectivity index (χ0v) is 13.0. The Hall–Kier alpha value is -2.00. The molecule has 0 saturated heterocycles. The number of hydrogen-bond acceptors (Lipinski definition) is 2. The monoisotopic (exact) mass is 302 g/mol.